The Bertz CT molecular complexity index is 451. The van der Waals surface area contributed by atoms with E-state index in [2.05, 4.69) is 26.0 Å². The van der Waals surface area contributed by atoms with Gasteiger partial charge < -0.3 is 15.2 Å². The highest BCUT2D eigenvalue weighted by Crippen LogP contribution is 2.31. The molecule has 0 heterocycles. The first kappa shape index (κ1) is 15.7. The van der Waals surface area contributed by atoms with Crippen LogP contribution in [0.25, 0.3) is 0 Å². The average Bonchev–Trinajstić information content (AvgIpc) is 2.88. The third-order valence-corrected chi connectivity index (χ3v) is 4.25. The van der Waals surface area contributed by atoms with Crippen LogP contribution in [0.4, 0.5) is 8.78 Å². The van der Waals surface area contributed by atoms with E-state index in [0.29, 0.717) is 12.1 Å². The highest BCUT2D eigenvalue weighted by Gasteiger charge is 2.32. The van der Waals surface area contributed by atoms with Crippen LogP contribution in [0.2, 0.25) is 0 Å². The van der Waals surface area contributed by atoms with E-state index in [0.717, 1.165) is 30.2 Å². The number of alkyl halides is 2. The summed E-state index contributed by atoms with van der Waals surface area (Å²) in [6, 6.07) is 4.94. The van der Waals surface area contributed by atoms with Crippen LogP contribution in [0, 0.1) is 0 Å². The Hall–Kier alpha value is -0.720. The standard InChI is InChI=1S/C14H18BrF2NO2/c15-11-3-4-12(20-13(16)17)10(7-11)8-18-14(9-19)5-1-2-6-14/h3-4,7,13,18-19H,1-2,5-6,8-9H2. The summed E-state index contributed by atoms with van der Waals surface area (Å²) in [6.45, 7) is -2.39. The average molecular weight is 350 g/mol. The van der Waals surface area contributed by atoms with Gasteiger partial charge in [-0.05, 0) is 31.0 Å². The Morgan fingerprint density at radius 1 is 1.35 bits per heavy atom. The molecule has 1 aromatic rings. The van der Waals surface area contributed by atoms with Gasteiger partial charge in [-0.2, -0.15) is 8.78 Å². The van der Waals surface area contributed by atoms with Crippen LogP contribution in [-0.2, 0) is 6.54 Å². The second-order valence-corrected chi connectivity index (χ2v) is 6.05. The van der Waals surface area contributed by atoms with Gasteiger partial charge in [-0.3, -0.25) is 0 Å². The number of rotatable bonds is 6. The first-order valence-corrected chi connectivity index (χ1v) is 7.43. The normalized spacial score (nSPS) is 17.6. The molecule has 3 nitrogen and oxygen atoms in total. The van der Waals surface area contributed by atoms with Crippen molar-refractivity contribution in [2.45, 2.75) is 44.4 Å². The molecule has 0 radical (unpaired) electrons. The summed E-state index contributed by atoms with van der Waals surface area (Å²) in [7, 11) is 0. The Balaban J connectivity index is 2.09. The number of halogens is 3. The predicted octanol–water partition coefficient (Wildman–Crippen LogP) is 3.45. The second kappa shape index (κ2) is 6.83. The van der Waals surface area contributed by atoms with E-state index in [9.17, 15) is 13.9 Å². The fourth-order valence-corrected chi connectivity index (χ4v) is 3.03. The Morgan fingerprint density at radius 2 is 2.05 bits per heavy atom. The van der Waals surface area contributed by atoms with Crippen molar-refractivity contribution in [2.24, 2.45) is 0 Å². The van der Waals surface area contributed by atoms with E-state index in [1.54, 1.807) is 12.1 Å². The van der Waals surface area contributed by atoms with Crippen molar-refractivity contribution in [1.82, 2.24) is 5.32 Å². The van der Waals surface area contributed by atoms with Crippen LogP contribution in [0.15, 0.2) is 22.7 Å². The molecule has 1 fully saturated rings. The maximum atomic E-state index is 12.4. The Labute approximate surface area is 125 Å². The summed E-state index contributed by atoms with van der Waals surface area (Å²) in [5.41, 5.74) is 0.365. The van der Waals surface area contributed by atoms with Crippen molar-refractivity contribution in [3.05, 3.63) is 28.2 Å². The van der Waals surface area contributed by atoms with E-state index in [4.69, 9.17) is 0 Å². The van der Waals surface area contributed by atoms with Gasteiger partial charge in [0.25, 0.3) is 0 Å². The summed E-state index contributed by atoms with van der Waals surface area (Å²) in [4.78, 5) is 0. The minimum absolute atomic E-state index is 0.0615. The van der Waals surface area contributed by atoms with Gasteiger partial charge >= 0.3 is 6.61 Å². The SMILES string of the molecule is OCC1(NCc2cc(Br)ccc2OC(F)F)CCCC1. The molecule has 2 rings (SSSR count). The van der Waals surface area contributed by atoms with Crippen LogP contribution < -0.4 is 10.1 Å². The monoisotopic (exact) mass is 349 g/mol. The van der Waals surface area contributed by atoms with Crippen molar-refractivity contribution in [2.75, 3.05) is 6.61 Å². The van der Waals surface area contributed by atoms with Crippen LogP contribution in [0.1, 0.15) is 31.2 Å². The highest BCUT2D eigenvalue weighted by molar-refractivity contribution is 9.10. The topological polar surface area (TPSA) is 41.5 Å². The fraction of sp³-hybridized carbons (Fsp3) is 0.571. The predicted molar refractivity (Wildman–Crippen MR) is 75.9 cm³/mol. The number of benzene rings is 1. The van der Waals surface area contributed by atoms with Gasteiger partial charge in [0, 0.05) is 22.1 Å². The number of nitrogens with one attached hydrogen (secondary N) is 1. The molecule has 0 saturated heterocycles. The molecule has 1 aromatic carbocycles. The smallest absolute Gasteiger partial charge is 0.387 e. The van der Waals surface area contributed by atoms with Gasteiger partial charge in [-0.1, -0.05) is 28.8 Å². The van der Waals surface area contributed by atoms with Crippen molar-refractivity contribution < 1.29 is 18.6 Å². The van der Waals surface area contributed by atoms with E-state index < -0.39 is 6.61 Å². The largest absolute Gasteiger partial charge is 0.434 e. The molecule has 0 unspecified atom stereocenters. The molecule has 0 bridgehead atoms. The minimum Gasteiger partial charge on any atom is -0.434 e. The zero-order valence-corrected chi connectivity index (χ0v) is 12.6. The van der Waals surface area contributed by atoms with E-state index >= 15 is 0 Å². The molecule has 0 atom stereocenters. The molecular formula is C14H18BrF2NO2. The van der Waals surface area contributed by atoms with Crippen molar-refractivity contribution in [3.8, 4) is 5.75 Å². The lowest BCUT2D eigenvalue weighted by Gasteiger charge is -2.28. The van der Waals surface area contributed by atoms with Crippen LogP contribution >= 0.6 is 15.9 Å². The quantitative estimate of drug-likeness (QED) is 0.826. The van der Waals surface area contributed by atoms with Gasteiger partial charge in [0.2, 0.25) is 0 Å². The van der Waals surface area contributed by atoms with E-state index in [-0.39, 0.29) is 17.9 Å². The fourth-order valence-electron chi connectivity index (χ4n) is 2.62. The molecule has 1 aliphatic rings. The Morgan fingerprint density at radius 3 is 2.65 bits per heavy atom. The molecule has 2 N–H and O–H groups in total. The summed E-state index contributed by atoms with van der Waals surface area (Å²) in [5, 5.41) is 12.8. The number of aliphatic hydroxyl groups excluding tert-OH is 1. The van der Waals surface area contributed by atoms with Gasteiger partial charge in [-0.25, -0.2) is 0 Å². The number of hydrogen-bond donors (Lipinski definition) is 2. The summed E-state index contributed by atoms with van der Waals surface area (Å²) in [6.07, 6.45) is 3.96. The highest BCUT2D eigenvalue weighted by atomic mass is 79.9. The zero-order valence-electron chi connectivity index (χ0n) is 11.0. The van der Waals surface area contributed by atoms with Crippen molar-refractivity contribution in [1.29, 1.82) is 0 Å². The first-order chi connectivity index (χ1) is 9.54. The third kappa shape index (κ3) is 3.90. The molecule has 1 aliphatic carbocycles. The maximum Gasteiger partial charge on any atom is 0.387 e. The van der Waals surface area contributed by atoms with Crippen molar-refractivity contribution >= 4 is 15.9 Å². The molecule has 0 aromatic heterocycles. The summed E-state index contributed by atoms with van der Waals surface area (Å²) < 4.78 is 30.1. The molecular weight excluding hydrogens is 332 g/mol. The molecule has 0 amide bonds. The van der Waals surface area contributed by atoms with Crippen LogP contribution in [0.3, 0.4) is 0 Å². The lowest BCUT2D eigenvalue weighted by molar-refractivity contribution is -0.0505. The Kier molecular flexibility index (Phi) is 5.35. The van der Waals surface area contributed by atoms with E-state index in [1.165, 1.54) is 6.07 Å². The number of hydrogen-bond acceptors (Lipinski definition) is 3. The molecule has 6 heteroatoms. The minimum atomic E-state index is -2.84. The summed E-state index contributed by atoms with van der Waals surface area (Å²) in [5.74, 6) is 0.168. The van der Waals surface area contributed by atoms with E-state index in [1.807, 2.05) is 0 Å². The van der Waals surface area contributed by atoms with Gasteiger partial charge in [0.05, 0.1) is 6.61 Å². The second-order valence-electron chi connectivity index (χ2n) is 5.13. The van der Waals surface area contributed by atoms with Crippen LogP contribution in [-0.4, -0.2) is 23.9 Å². The third-order valence-electron chi connectivity index (χ3n) is 3.76. The lowest BCUT2D eigenvalue weighted by Crippen LogP contribution is -2.45. The number of ether oxygens (including phenoxy) is 1. The zero-order chi connectivity index (χ0) is 14.6. The maximum absolute atomic E-state index is 12.4. The lowest BCUT2D eigenvalue weighted by atomic mass is 9.98. The van der Waals surface area contributed by atoms with Gasteiger partial charge in [0.1, 0.15) is 5.75 Å². The molecule has 112 valence electrons. The summed E-state index contributed by atoms with van der Waals surface area (Å²) >= 11 is 3.33. The molecule has 0 spiro atoms. The molecule has 20 heavy (non-hydrogen) atoms. The molecule has 1 saturated carbocycles. The number of aliphatic hydroxyl groups is 1. The van der Waals surface area contributed by atoms with Gasteiger partial charge in [0.15, 0.2) is 0 Å². The van der Waals surface area contributed by atoms with Crippen LogP contribution in [0.5, 0.6) is 5.75 Å². The van der Waals surface area contributed by atoms with Crippen molar-refractivity contribution in [3.63, 3.8) is 0 Å². The first-order valence-electron chi connectivity index (χ1n) is 6.64. The molecule has 0 aliphatic heterocycles. The van der Waals surface area contributed by atoms with Gasteiger partial charge in [-0.15, -0.1) is 0 Å².